The molecule has 34 heavy (non-hydrogen) atoms. The van der Waals surface area contributed by atoms with E-state index < -0.39 is 43.4 Å². The van der Waals surface area contributed by atoms with Crippen molar-refractivity contribution >= 4 is 31.9 Å². The molecule has 2 atom stereocenters. The summed E-state index contributed by atoms with van der Waals surface area (Å²) in [7, 11) is -2.26. The summed E-state index contributed by atoms with van der Waals surface area (Å²) in [5.41, 5.74) is -2.55. The van der Waals surface area contributed by atoms with E-state index in [-0.39, 0.29) is 41.7 Å². The summed E-state index contributed by atoms with van der Waals surface area (Å²) < 4.78 is 41.7. The van der Waals surface area contributed by atoms with Gasteiger partial charge in [0.2, 0.25) is 5.91 Å². The minimum absolute atomic E-state index is 0.0615. The zero-order valence-corrected chi connectivity index (χ0v) is 23.1. The second kappa shape index (κ2) is 10.1. The highest BCUT2D eigenvalue weighted by Crippen LogP contribution is 2.39. The minimum atomic E-state index is -2.26. The number of rotatable bonds is 6. The molecule has 1 aromatic rings. The lowest BCUT2D eigenvalue weighted by molar-refractivity contribution is -0.125. The van der Waals surface area contributed by atoms with Gasteiger partial charge in [-0.2, -0.15) is 0 Å². The molecule has 1 fully saturated rings. The molecule has 0 aromatic heterocycles. The molecule has 10 heteroatoms. The molecule has 0 radical (unpaired) electrons. The van der Waals surface area contributed by atoms with E-state index in [1.807, 2.05) is 13.1 Å². The Morgan fingerprint density at radius 1 is 1.24 bits per heavy atom. The molecule has 0 spiro atoms. The lowest BCUT2D eigenvalue weighted by Crippen LogP contribution is -2.48. The Hall–Kier alpha value is -1.71. The van der Waals surface area contributed by atoms with Gasteiger partial charge in [-0.15, -0.1) is 0 Å². The van der Waals surface area contributed by atoms with Crippen LogP contribution >= 0.6 is 11.6 Å². The van der Waals surface area contributed by atoms with Gasteiger partial charge in [-0.05, 0) is 45.0 Å². The second-order valence-corrected chi connectivity index (χ2v) is 16.7. The average Bonchev–Trinajstić information content (AvgIpc) is 3.04. The fourth-order valence-electron chi connectivity index (χ4n) is 3.30. The van der Waals surface area contributed by atoms with Crippen LogP contribution in [0.3, 0.4) is 0 Å². The Bertz CT molecular complexity index is 917. The third kappa shape index (κ3) is 7.15. The van der Waals surface area contributed by atoms with Gasteiger partial charge in [0.1, 0.15) is 17.5 Å². The van der Waals surface area contributed by atoms with Gasteiger partial charge in [0.25, 0.3) is 0 Å². The van der Waals surface area contributed by atoms with Gasteiger partial charge in [-0.1, -0.05) is 44.5 Å². The second-order valence-electron chi connectivity index (χ2n) is 11.5. The van der Waals surface area contributed by atoms with Crippen molar-refractivity contribution in [2.75, 3.05) is 13.2 Å². The van der Waals surface area contributed by atoms with E-state index in [1.54, 1.807) is 26.8 Å². The van der Waals surface area contributed by atoms with Crippen LogP contribution in [0, 0.1) is 5.82 Å². The molecule has 1 N–H and O–H groups in total. The van der Waals surface area contributed by atoms with E-state index in [0.717, 1.165) is 4.90 Å². The topological polar surface area (TPSA) is 67.9 Å². The fraction of sp³-hybridized carbons (Fsp3) is 0.667. The van der Waals surface area contributed by atoms with E-state index in [1.165, 1.54) is 12.1 Å². The van der Waals surface area contributed by atoms with E-state index in [2.05, 4.69) is 26.1 Å². The summed E-state index contributed by atoms with van der Waals surface area (Å²) in [6.45, 7) is 14.6. The van der Waals surface area contributed by atoms with Crippen molar-refractivity contribution in [3.8, 4) is 0 Å². The number of hydrogen-bond donors (Lipinski definition) is 1. The molecule has 1 aliphatic heterocycles. The molecule has 0 bridgehead atoms. The van der Waals surface area contributed by atoms with Gasteiger partial charge in [-0.3, -0.25) is 9.69 Å². The summed E-state index contributed by atoms with van der Waals surface area (Å²) in [4.78, 5) is 27.0. The predicted molar refractivity (Wildman–Crippen MR) is 132 cm³/mol. The number of halogens is 3. The molecule has 0 saturated carbocycles. The van der Waals surface area contributed by atoms with Crippen LogP contribution in [0.1, 0.15) is 53.5 Å². The van der Waals surface area contributed by atoms with Crippen LogP contribution in [0.15, 0.2) is 18.2 Å². The standard InChI is InChI=1S/C24H37ClF2N2O4Si/c1-22(2,3)33-21(31)29-14-24(27,15-32-34(7,8)23(4,5)6)12-18(29)20(30)28-13-16-10-9-11-17(25)19(16)26/h9-11,18H,12-15H2,1-8H3,(H,28,30)/t18-,24-/m0/s1. The molecule has 1 saturated heterocycles. The summed E-state index contributed by atoms with van der Waals surface area (Å²) in [5.74, 6) is -1.24. The average molecular weight is 519 g/mol. The van der Waals surface area contributed by atoms with Gasteiger partial charge >= 0.3 is 6.09 Å². The van der Waals surface area contributed by atoms with Crippen molar-refractivity contribution in [1.29, 1.82) is 0 Å². The van der Waals surface area contributed by atoms with Crippen molar-refractivity contribution in [3.63, 3.8) is 0 Å². The molecular formula is C24H37ClF2N2O4Si. The SMILES string of the molecule is CC(C)(C)OC(=O)N1C[C@](F)(CO[Si](C)(C)C(C)(C)C)C[C@H]1C(=O)NCc1cccc(Cl)c1F. The van der Waals surface area contributed by atoms with Gasteiger partial charge in [0, 0.05) is 18.5 Å². The van der Waals surface area contributed by atoms with Crippen molar-refractivity contribution in [1.82, 2.24) is 10.2 Å². The van der Waals surface area contributed by atoms with Gasteiger partial charge in [0.15, 0.2) is 14.0 Å². The summed E-state index contributed by atoms with van der Waals surface area (Å²) in [6.07, 6.45) is -1.03. The van der Waals surface area contributed by atoms with Crippen LogP contribution in [0.4, 0.5) is 13.6 Å². The fourth-order valence-corrected chi connectivity index (χ4v) is 4.55. The Labute approximate surface area is 207 Å². The smallest absolute Gasteiger partial charge is 0.411 e. The highest BCUT2D eigenvalue weighted by atomic mass is 35.5. The normalized spacial score (nSPS) is 21.5. The summed E-state index contributed by atoms with van der Waals surface area (Å²) in [6, 6.07) is 3.35. The first-order valence-corrected chi connectivity index (χ1v) is 14.7. The number of nitrogens with zero attached hydrogens (tertiary/aromatic N) is 1. The van der Waals surface area contributed by atoms with Crippen molar-refractivity contribution in [2.24, 2.45) is 0 Å². The number of ether oxygens (including phenoxy) is 1. The number of carbonyl (C=O) groups excluding carboxylic acids is 2. The monoisotopic (exact) mass is 518 g/mol. The number of likely N-dealkylation sites (tertiary alicyclic amines) is 1. The zero-order chi connectivity index (χ0) is 26.1. The maximum absolute atomic E-state index is 16.0. The van der Waals surface area contributed by atoms with E-state index in [0.29, 0.717) is 0 Å². The number of alkyl halides is 1. The van der Waals surface area contributed by atoms with E-state index in [4.69, 9.17) is 20.8 Å². The predicted octanol–water partition coefficient (Wildman–Crippen LogP) is 5.83. The highest BCUT2D eigenvalue weighted by molar-refractivity contribution is 6.74. The first-order valence-electron chi connectivity index (χ1n) is 11.4. The van der Waals surface area contributed by atoms with Crippen LogP contribution in [-0.2, 0) is 20.5 Å². The Morgan fingerprint density at radius 2 is 1.85 bits per heavy atom. The van der Waals surface area contributed by atoms with Gasteiger partial charge < -0.3 is 14.5 Å². The molecular weight excluding hydrogens is 482 g/mol. The first-order chi connectivity index (χ1) is 15.4. The number of benzene rings is 1. The lowest BCUT2D eigenvalue weighted by atomic mass is 10.0. The van der Waals surface area contributed by atoms with Crippen molar-refractivity contribution in [2.45, 2.75) is 90.0 Å². The van der Waals surface area contributed by atoms with Crippen LogP contribution in [0.25, 0.3) is 0 Å². The maximum atomic E-state index is 16.0. The maximum Gasteiger partial charge on any atom is 0.411 e. The molecule has 1 aromatic carbocycles. The number of hydrogen-bond acceptors (Lipinski definition) is 4. The van der Waals surface area contributed by atoms with Crippen molar-refractivity contribution in [3.05, 3.63) is 34.6 Å². The lowest BCUT2D eigenvalue weighted by Gasteiger charge is -2.37. The number of carbonyl (C=O) groups is 2. The van der Waals surface area contributed by atoms with Crippen LogP contribution in [0.5, 0.6) is 0 Å². The number of amides is 2. The molecule has 0 aliphatic carbocycles. The Morgan fingerprint density at radius 3 is 2.41 bits per heavy atom. The first kappa shape index (κ1) is 28.5. The highest BCUT2D eigenvalue weighted by Gasteiger charge is 2.52. The van der Waals surface area contributed by atoms with Crippen LogP contribution < -0.4 is 5.32 Å². The van der Waals surface area contributed by atoms with E-state index >= 15 is 4.39 Å². The summed E-state index contributed by atoms with van der Waals surface area (Å²) in [5, 5.41) is 2.42. The van der Waals surface area contributed by atoms with Gasteiger partial charge in [-0.25, -0.2) is 13.6 Å². The Balaban J connectivity index is 2.20. The van der Waals surface area contributed by atoms with Crippen LogP contribution in [0.2, 0.25) is 23.2 Å². The molecule has 1 heterocycles. The molecule has 2 rings (SSSR count). The molecule has 192 valence electrons. The quantitative estimate of drug-likeness (QED) is 0.481. The van der Waals surface area contributed by atoms with E-state index in [9.17, 15) is 14.0 Å². The minimum Gasteiger partial charge on any atom is -0.444 e. The molecule has 0 unspecified atom stereocenters. The third-order valence-electron chi connectivity index (χ3n) is 6.30. The molecule has 6 nitrogen and oxygen atoms in total. The summed E-state index contributed by atoms with van der Waals surface area (Å²) >= 11 is 5.81. The third-order valence-corrected chi connectivity index (χ3v) is 11.1. The van der Waals surface area contributed by atoms with Crippen LogP contribution in [-0.4, -0.2) is 55.7 Å². The number of nitrogens with one attached hydrogen (secondary N) is 1. The molecule has 1 aliphatic rings. The zero-order valence-electron chi connectivity index (χ0n) is 21.4. The van der Waals surface area contributed by atoms with Crippen molar-refractivity contribution < 1.29 is 27.5 Å². The largest absolute Gasteiger partial charge is 0.444 e. The molecule has 2 amide bonds. The Kier molecular flexibility index (Phi) is 8.48. The van der Waals surface area contributed by atoms with Gasteiger partial charge in [0.05, 0.1) is 18.2 Å².